The second kappa shape index (κ2) is 11.5. The first kappa shape index (κ1) is 19.8. The van der Waals surface area contributed by atoms with Crippen LogP contribution in [0, 0.1) is 6.92 Å². The highest BCUT2D eigenvalue weighted by molar-refractivity contribution is 5.86. The van der Waals surface area contributed by atoms with Gasteiger partial charge in [-0.05, 0) is 32.3 Å². The normalized spacial score (nSPS) is 8.63. The number of rotatable bonds is 4. The Morgan fingerprint density at radius 2 is 1.95 bits per heavy atom. The molecule has 0 N–H and O–H groups in total. The molecule has 0 spiro atoms. The third-order valence-electron chi connectivity index (χ3n) is 2.28. The van der Waals surface area contributed by atoms with Gasteiger partial charge in [0, 0.05) is 5.57 Å². The predicted molar refractivity (Wildman–Crippen MR) is 83.4 cm³/mol. The van der Waals surface area contributed by atoms with Crippen molar-refractivity contribution in [2.24, 2.45) is 0 Å². The molecule has 1 aromatic rings. The summed E-state index contributed by atoms with van der Waals surface area (Å²) in [5, 5.41) is 0. The van der Waals surface area contributed by atoms with Crippen LogP contribution in [0.25, 0.3) is 0 Å². The first-order valence-corrected chi connectivity index (χ1v) is 6.39. The van der Waals surface area contributed by atoms with Gasteiger partial charge in [0.15, 0.2) is 0 Å². The Bertz CT molecular complexity index is 381. The first-order chi connectivity index (χ1) is 8.51. The van der Waals surface area contributed by atoms with Crippen LogP contribution in [0.5, 0.6) is 0 Å². The number of aryl methyl sites for hydroxylation is 2. The van der Waals surface area contributed by atoms with Crippen molar-refractivity contribution in [1.29, 1.82) is 0 Å². The molecule has 0 fully saturated rings. The number of hydrogen-bond acceptors (Lipinski definition) is 2. The Kier molecular flexibility index (Phi) is 12.0. The highest BCUT2D eigenvalue weighted by Crippen LogP contribution is 2.03. The minimum atomic E-state index is -0.295. The molecule has 0 bridgehead atoms. The zero-order chi connectivity index (χ0) is 14.0. The minimum Gasteiger partial charge on any atom is -0.462 e. The maximum atomic E-state index is 10.6. The Hall–Kier alpha value is -1.57. The van der Waals surface area contributed by atoms with E-state index in [0.29, 0.717) is 12.2 Å². The predicted octanol–water partition coefficient (Wildman–Crippen LogP) is 4.71. The minimum absolute atomic E-state index is 0. The maximum absolute atomic E-state index is 10.6. The molecule has 0 heterocycles. The van der Waals surface area contributed by atoms with Crippen LogP contribution in [0.15, 0.2) is 36.4 Å². The molecule has 108 valence electrons. The van der Waals surface area contributed by atoms with Gasteiger partial charge in [0.05, 0.1) is 6.61 Å². The van der Waals surface area contributed by atoms with Gasteiger partial charge in [-0.2, -0.15) is 0 Å². The number of ether oxygens (including phenoxy) is 1. The van der Waals surface area contributed by atoms with Crippen LogP contribution < -0.4 is 0 Å². The number of esters is 1. The Labute approximate surface area is 118 Å². The average molecular weight is 264 g/mol. The second-order valence-electron chi connectivity index (χ2n) is 4.26. The standard InChI is InChI=1S/C9H12.C7H12O2.CH4/c1-3-9-6-4-5-8(2)7-9;1-4-5-9-7(8)6(2)3;/h4-7H,3H2,1-2H3;2,4-5H2,1,3H3;1H4. The van der Waals surface area contributed by atoms with Crippen molar-refractivity contribution in [3.05, 3.63) is 47.5 Å². The van der Waals surface area contributed by atoms with Crippen molar-refractivity contribution in [1.82, 2.24) is 0 Å². The number of carbonyl (C=O) groups is 1. The van der Waals surface area contributed by atoms with E-state index in [-0.39, 0.29) is 13.4 Å². The number of carbonyl (C=O) groups excluding carboxylic acids is 1. The van der Waals surface area contributed by atoms with Crippen molar-refractivity contribution in [3.63, 3.8) is 0 Å². The van der Waals surface area contributed by atoms with Crippen LogP contribution >= 0.6 is 0 Å². The van der Waals surface area contributed by atoms with Crippen LogP contribution in [0.4, 0.5) is 0 Å². The van der Waals surface area contributed by atoms with E-state index in [0.717, 1.165) is 12.8 Å². The Morgan fingerprint density at radius 3 is 2.32 bits per heavy atom. The molecule has 0 atom stereocenters. The van der Waals surface area contributed by atoms with E-state index in [9.17, 15) is 4.79 Å². The van der Waals surface area contributed by atoms with Crippen LogP contribution in [0.3, 0.4) is 0 Å². The van der Waals surface area contributed by atoms with Gasteiger partial charge in [-0.15, -0.1) is 0 Å². The lowest BCUT2D eigenvalue weighted by Crippen LogP contribution is -2.04. The molecule has 0 saturated heterocycles. The highest BCUT2D eigenvalue weighted by Gasteiger charge is 1.99. The van der Waals surface area contributed by atoms with E-state index >= 15 is 0 Å². The molecule has 0 unspecified atom stereocenters. The molecule has 0 radical (unpaired) electrons. The van der Waals surface area contributed by atoms with Crippen molar-refractivity contribution >= 4 is 5.97 Å². The van der Waals surface area contributed by atoms with E-state index in [4.69, 9.17) is 4.74 Å². The van der Waals surface area contributed by atoms with Crippen LogP contribution in [0.1, 0.15) is 45.7 Å². The molecule has 0 aromatic heterocycles. The SMILES string of the molecule is C.C=C(C)C(=O)OCCC.CCc1cccc(C)c1. The highest BCUT2D eigenvalue weighted by atomic mass is 16.5. The average Bonchev–Trinajstić information content (AvgIpc) is 2.36. The molecule has 2 heteroatoms. The van der Waals surface area contributed by atoms with Gasteiger partial charge < -0.3 is 4.74 Å². The summed E-state index contributed by atoms with van der Waals surface area (Å²) in [6.45, 7) is 11.8. The largest absolute Gasteiger partial charge is 0.462 e. The first-order valence-electron chi connectivity index (χ1n) is 6.39. The fourth-order valence-corrected chi connectivity index (χ4v) is 1.25. The third-order valence-corrected chi connectivity index (χ3v) is 2.28. The lowest BCUT2D eigenvalue weighted by molar-refractivity contribution is -0.138. The van der Waals surface area contributed by atoms with Crippen LogP contribution in [-0.4, -0.2) is 12.6 Å². The molecule has 0 aliphatic carbocycles. The molecule has 1 aromatic carbocycles. The topological polar surface area (TPSA) is 26.3 Å². The van der Waals surface area contributed by atoms with E-state index in [1.54, 1.807) is 6.92 Å². The van der Waals surface area contributed by atoms with E-state index in [1.165, 1.54) is 11.1 Å². The molecule has 0 amide bonds. The van der Waals surface area contributed by atoms with Crippen molar-refractivity contribution in [2.45, 2.75) is 48.0 Å². The zero-order valence-electron chi connectivity index (χ0n) is 12.0. The maximum Gasteiger partial charge on any atom is 0.333 e. The fourth-order valence-electron chi connectivity index (χ4n) is 1.25. The fraction of sp³-hybridized carbons (Fsp3) is 0.471. The molecule has 19 heavy (non-hydrogen) atoms. The summed E-state index contributed by atoms with van der Waals surface area (Å²) < 4.78 is 4.71. The lowest BCUT2D eigenvalue weighted by atomic mass is 10.1. The monoisotopic (exact) mass is 264 g/mol. The summed E-state index contributed by atoms with van der Waals surface area (Å²) in [6.07, 6.45) is 2.00. The van der Waals surface area contributed by atoms with Crippen molar-refractivity contribution in [2.75, 3.05) is 6.61 Å². The smallest absolute Gasteiger partial charge is 0.333 e. The van der Waals surface area contributed by atoms with Gasteiger partial charge in [0.2, 0.25) is 0 Å². The van der Waals surface area contributed by atoms with Crippen LogP contribution in [-0.2, 0) is 16.0 Å². The third kappa shape index (κ3) is 10.1. The van der Waals surface area contributed by atoms with E-state index in [1.807, 2.05) is 6.92 Å². The molecule has 0 aliphatic heterocycles. The number of hydrogen-bond donors (Lipinski definition) is 0. The second-order valence-corrected chi connectivity index (χ2v) is 4.26. The van der Waals surface area contributed by atoms with Crippen molar-refractivity contribution in [3.8, 4) is 0 Å². The van der Waals surface area contributed by atoms with Crippen molar-refractivity contribution < 1.29 is 9.53 Å². The van der Waals surface area contributed by atoms with Crippen LogP contribution in [0.2, 0.25) is 0 Å². The quantitative estimate of drug-likeness (QED) is 0.581. The van der Waals surface area contributed by atoms with Gasteiger partial charge in [0.1, 0.15) is 0 Å². The lowest BCUT2D eigenvalue weighted by Gasteiger charge is -1.99. The molecular formula is C17H28O2. The van der Waals surface area contributed by atoms with Gasteiger partial charge in [-0.1, -0.05) is 57.7 Å². The van der Waals surface area contributed by atoms with Gasteiger partial charge in [0.25, 0.3) is 0 Å². The number of benzene rings is 1. The summed E-state index contributed by atoms with van der Waals surface area (Å²) in [5.74, 6) is -0.295. The van der Waals surface area contributed by atoms with E-state index in [2.05, 4.69) is 44.7 Å². The molecule has 2 nitrogen and oxygen atoms in total. The summed E-state index contributed by atoms with van der Waals surface area (Å²) >= 11 is 0. The van der Waals surface area contributed by atoms with E-state index < -0.39 is 0 Å². The molecule has 0 saturated carbocycles. The summed E-state index contributed by atoms with van der Waals surface area (Å²) in [4.78, 5) is 10.6. The van der Waals surface area contributed by atoms with Gasteiger partial charge in [-0.25, -0.2) is 4.79 Å². The van der Waals surface area contributed by atoms with Gasteiger partial charge in [-0.3, -0.25) is 0 Å². The molecule has 0 aliphatic rings. The van der Waals surface area contributed by atoms with Gasteiger partial charge >= 0.3 is 5.97 Å². The molecular weight excluding hydrogens is 236 g/mol. The molecule has 1 rings (SSSR count). The Balaban J connectivity index is 0. The summed E-state index contributed by atoms with van der Waals surface area (Å²) in [5.41, 5.74) is 3.24. The summed E-state index contributed by atoms with van der Waals surface area (Å²) in [6, 6.07) is 8.61. The summed E-state index contributed by atoms with van der Waals surface area (Å²) in [7, 11) is 0. The Morgan fingerprint density at radius 1 is 1.32 bits per heavy atom. The zero-order valence-corrected chi connectivity index (χ0v) is 12.0.